The first-order valence-electron chi connectivity index (χ1n) is 4.25. The van der Waals surface area contributed by atoms with Crippen LogP contribution in [0.25, 0.3) is 0 Å². The Hall–Kier alpha value is -1.39. The minimum atomic E-state index is -1.56. The summed E-state index contributed by atoms with van der Waals surface area (Å²) in [5.41, 5.74) is 6.19. The number of carbonyl (C=O) groups is 1. The normalized spacial score (nSPS) is 14.8. The van der Waals surface area contributed by atoms with Crippen LogP contribution in [0.5, 0.6) is 0 Å². The predicted octanol–water partition coefficient (Wildman–Crippen LogP) is -0.125. The van der Waals surface area contributed by atoms with Crippen molar-refractivity contribution in [1.82, 2.24) is 0 Å². The van der Waals surface area contributed by atoms with Crippen LogP contribution in [0.15, 0.2) is 24.3 Å². The van der Waals surface area contributed by atoms with E-state index in [1.165, 1.54) is 0 Å². The number of hydrogen-bond acceptors (Lipinski definition) is 3. The number of aryl methyl sites for hydroxylation is 1. The van der Waals surface area contributed by atoms with Crippen LogP contribution in [0.4, 0.5) is 0 Å². The van der Waals surface area contributed by atoms with Gasteiger partial charge in [0, 0.05) is 0 Å². The zero-order valence-corrected chi connectivity index (χ0v) is 7.84. The number of amides is 1. The minimum Gasteiger partial charge on any atom is -0.385 e. The molecule has 2 atom stereocenters. The molecule has 0 heterocycles. The zero-order chi connectivity index (χ0) is 10.7. The summed E-state index contributed by atoms with van der Waals surface area (Å²) in [6.45, 7) is 1.78. The first-order valence-corrected chi connectivity index (χ1v) is 4.25. The van der Waals surface area contributed by atoms with Crippen molar-refractivity contribution in [2.75, 3.05) is 0 Å². The van der Waals surface area contributed by atoms with E-state index in [1.807, 2.05) is 6.07 Å². The number of nitrogens with two attached hydrogens (primary N) is 1. The van der Waals surface area contributed by atoms with E-state index in [2.05, 4.69) is 0 Å². The third-order valence-corrected chi connectivity index (χ3v) is 2.10. The van der Waals surface area contributed by atoms with Gasteiger partial charge in [-0.25, -0.2) is 0 Å². The number of aliphatic hydroxyl groups is 2. The van der Waals surface area contributed by atoms with Crippen LogP contribution in [0.1, 0.15) is 17.2 Å². The molecule has 1 aromatic rings. The highest BCUT2D eigenvalue weighted by atomic mass is 16.3. The molecule has 0 bridgehead atoms. The molecule has 14 heavy (non-hydrogen) atoms. The van der Waals surface area contributed by atoms with Crippen LogP contribution >= 0.6 is 0 Å². The summed E-state index contributed by atoms with van der Waals surface area (Å²) in [6, 6.07) is 6.96. The topological polar surface area (TPSA) is 83.6 Å². The van der Waals surface area contributed by atoms with Crippen molar-refractivity contribution in [3.05, 3.63) is 35.4 Å². The molecule has 0 aromatic heterocycles. The first kappa shape index (κ1) is 10.7. The lowest BCUT2D eigenvalue weighted by molar-refractivity contribution is -0.131. The molecule has 0 aliphatic heterocycles. The summed E-state index contributed by atoms with van der Waals surface area (Å²) in [6.07, 6.45) is -2.82. The maximum absolute atomic E-state index is 10.6. The monoisotopic (exact) mass is 195 g/mol. The second-order valence-corrected chi connectivity index (χ2v) is 3.15. The third kappa shape index (κ3) is 2.10. The summed E-state index contributed by atoms with van der Waals surface area (Å²) in [7, 11) is 0. The van der Waals surface area contributed by atoms with Crippen molar-refractivity contribution in [3.8, 4) is 0 Å². The molecule has 0 saturated heterocycles. The molecule has 0 radical (unpaired) electrons. The molecule has 1 amide bonds. The maximum atomic E-state index is 10.6. The smallest absolute Gasteiger partial charge is 0.249 e. The van der Waals surface area contributed by atoms with Crippen molar-refractivity contribution in [2.24, 2.45) is 5.73 Å². The Morgan fingerprint density at radius 3 is 2.43 bits per heavy atom. The van der Waals surface area contributed by atoms with Crippen molar-refractivity contribution in [2.45, 2.75) is 19.1 Å². The van der Waals surface area contributed by atoms with E-state index < -0.39 is 18.1 Å². The Balaban J connectivity index is 2.94. The molecule has 0 aliphatic rings. The average Bonchev–Trinajstić information content (AvgIpc) is 2.16. The molecule has 0 aliphatic carbocycles. The molecular weight excluding hydrogens is 182 g/mol. The van der Waals surface area contributed by atoms with Crippen molar-refractivity contribution < 1.29 is 15.0 Å². The Morgan fingerprint density at radius 2 is 1.93 bits per heavy atom. The fraction of sp³-hybridized carbons (Fsp3) is 0.300. The summed E-state index contributed by atoms with van der Waals surface area (Å²) < 4.78 is 0. The molecule has 76 valence electrons. The van der Waals surface area contributed by atoms with Gasteiger partial charge in [0.05, 0.1) is 0 Å². The first-order chi connectivity index (χ1) is 6.54. The summed E-state index contributed by atoms with van der Waals surface area (Å²) >= 11 is 0. The largest absolute Gasteiger partial charge is 0.385 e. The van der Waals surface area contributed by atoms with E-state index in [0.29, 0.717) is 5.56 Å². The predicted molar refractivity (Wildman–Crippen MR) is 51.3 cm³/mol. The van der Waals surface area contributed by atoms with E-state index in [-0.39, 0.29) is 0 Å². The lowest BCUT2D eigenvalue weighted by atomic mass is 9.99. The van der Waals surface area contributed by atoms with Gasteiger partial charge in [0.15, 0.2) is 6.10 Å². The van der Waals surface area contributed by atoms with Gasteiger partial charge in [0.25, 0.3) is 0 Å². The number of primary amides is 1. The molecule has 2 unspecified atom stereocenters. The van der Waals surface area contributed by atoms with Gasteiger partial charge in [-0.15, -0.1) is 0 Å². The van der Waals surface area contributed by atoms with Gasteiger partial charge in [-0.3, -0.25) is 4.79 Å². The molecule has 0 saturated carbocycles. The third-order valence-electron chi connectivity index (χ3n) is 2.10. The minimum absolute atomic E-state index is 0.513. The Labute approximate surface area is 82.0 Å². The Kier molecular flexibility index (Phi) is 3.22. The summed E-state index contributed by atoms with van der Waals surface area (Å²) in [5, 5.41) is 18.8. The fourth-order valence-electron chi connectivity index (χ4n) is 1.24. The Morgan fingerprint density at radius 1 is 1.36 bits per heavy atom. The zero-order valence-electron chi connectivity index (χ0n) is 7.84. The molecule has 1 aromatic carbocycles. The standard InChI is InChI=1S/C10H13NO3/c1-6-4-2-3-5-7(6)8(12)9(13)10(11)14/h2-5,8-9,12-13H,1H3,(H2,11,14). The van der Waals surface area contributed by atoms with E-state index in [9.17, 15) is 15.0 Å². The second kappa shape index (κ2) is 4.21. The van der Waals surface area contributed by atoms with Gasteiger partial charge in [0.2, 0.25) is 5.91 Å². The highest BCUT2D eigenvalue weighted by molar-refractivity contribution is 5.79. The van der Waals surface area contributed by atoms with Crippen molar-refractivity contribution in [1.29, 1.82) is 0 Å². The molecule has 4 N–H and O–H groups in total. The van der Waals surface area contributed by atoms with Gasteiger partial charge in [-0.2, -0.15) is 0 Å². The molecule has 0 spiro atoms. The number of hydrogen-bond donors (Lipinski definition) is 3. The van der Waals surface area contributed by atoms with Crippen LogP contribution in [-0.2, 0) is 4.79 Å². The van der Waals surface area contributed by atoms with Crippen molar-refractivity contribution in [3.63, 3.8) is 0 Å². The van der Waals surface area contributed by atoms with E-state index in [1.54, 1.807) is 25.1 Å². The SMILES string of the molecule is Cc1ccccc1C(O)C(O)C(N)=O. The van der Waals surface area contributed by atoms with Gasteiger partial charge < -0.3 is 15.9 Å². The summed E-state index contributed by atoms with van der Waals surface area (Å²) in [5.74, 6) is -0.930. The highest BCUT2D eigenvalue weighted by Gasteiger charge is 2.24. The van der Waals surface area contributed by atoms with Crippen LogP contribution < -0.4 is 5.73 Å². The molecule has 4 nitrogen and oxygen atoms in total. The van der Waals surface area contributed by atoms with Crippen LogP contribution in [0.2, 0.25) is 0 Å². The van der Waals surface area contributed by atoms with Crippen LogP contribution in [0.3, 0.4) is 0 Å². The van der Waals surface area contributed by atoms with Gasteiger partial charge in [-0.05, 0) is 18.1 Å². The molecule has 0 fully saturated rings. The lowest BCUT2D eigenvalue weighted by Crippen LogP contribution is -2.34. The van der Waals surface area contributed by atoms with Crippen LogP contribution in [-0.4, -0.2) is 22.2 Å². The summed E-state index contributed by atoms with van der Waals surface area (Å²) in [4.78, 5) is 10.6. The number of aliphatic hydroxyl groups excluding tert-OH is 2. The van der Waals surface area contributed by atoms with Gasteiger partial charge >= 0.3 is 0 Å². The van der Waals surface area contributed by atoms with E-state index in [4.69, 9.17) is 5.73 Å². The Bertz CT molecular complexity index is 338. The average molecular weight is 195 g/mol. The van der Waals surface area contributed by atoms with E-state index in [0.717, 1.165) is 5.56 Å². The second-order valence-electron chi connectivity index (χ2n) is 3.15. The highest BCUT2D eigenvalue weighted by Crippen LogP contribution is 2.20. The fourth-order valence-corrected chi connectivity index (χ4v) is 1.24. The molecular formula is C10H13NO3. The molecule has 4 heteroatoms. The van der Waals surface area contributed by atoms with Gasteiger partial charge in [-0.1, -0.05) is 24.3 Å². The quantitative estimate of drug-likeness (QED) is 0.628. The number of rotatable bonds is 3. The number of benzene rings is 1. The molecule has 1 rings (SSSR count). The lowest BCUT2D eigenvalue weighted by Gasteiger charge is -2.16. The number of carbonyl (C=O) groups excluding carboxylic acids is 1. The van der Waals surface area contributed by atoms with Crippen LogP contribution in [0, 0.1) is 6.92 Å². The van der Waals surface area contributed by atoms with Gasteiger partial charge in [0.1, 0.15) is 6.10 Å². The maximum Gasteiger partial charge on any atom is 0.249 e. The van der Waals surface area contributed by atoms with Crippen molar-refractivity contribution >= 4 is 5.91 Å². The van der Waals surface area contributed by atoms with E-state index >= 15 is 0 Å².